The smallest absolute Gasteiger partial charge is 0.359 e. The fourth-order valence-electron chi connectivity index (χ4n) is 0.458. The van der Waals surface area contributed by atoms with E-state index in [9.17, 15) is 4.79 Å². The van der Waals surface area contributed by atoms with Crippen LogP contribution < -0.4 is 0 Å². The van der Waals surface area contributed by atoms with Crippen LogP contribution in [0.3, 0.4) is 0 Å². The van der Waals surface area contributed by atoms with Gasteiger partial charge in [-0.05, 0) is 0 Å². The molecule has 10 heavy (non-hydrogen) atoms. The number of carboxylic acid groups (broad SMARTS) is 1. The Morgan fingerprint density at radius 1 is 1.70 bits per heavy atom. The normalized spacial score (nSPS) is 8.70. The molecule has 6 nitrogen and oxygen atoms in total. The lowest BCUT2D eigenvalue weighted by molar-refractivity contribution is 0.0690. The molecule has 1 rings (SSSR count). The van der Waals surface area contributed by atoms with Crippen LogP contribution in [0.2, 0.25) is 0 Å². The molecule has 0 aromatic carbocycles. The third kappa shape index (κ3) is 0.798. The van der Waals surface area contributed by atoms with Gasteiger partial charge in [0.25, 0.3) is 0 Å². The largest absolute Gasteiger partial charge is 0.476 e. The van der Waals surface area contributed by atoms with Gasteiger partial charge in [0.15, 0.2) is 5.69 Å². The maximum absolute atomic E-state index is 10.2. The molecule has 0 atom stereocenters. The molecule has 0 saturated heterocycles. The number of aromatic nitrogens is 3. The molecule has 50 valence electrons. The van der Waals surface area contributed by atoms with E-state index in [-0.39, 0.29) is 11.4 Å². The lowest BCUT2D eigenvalue weighted by Gasteiger charge is -1.80. The summed E-state index contributed by atoms with van der Waals surface area (Å²) in [5.41, 5.74) is -0.546. The SMILES string of the molecule is N#Cc1n[nH]nc1C(=O)O. The molecule has 1 aromatic rings. The lowest BCUT2D eigenvalue weighted by atomic mass is 10.3. The average Bonchev–Trinajstić information content (AvgIpc) is 2.33. The number of nitriles is 1. The zero-order chi connectivity index (χ0) is 7.56. The fourth-order valence-corrected chi connectivity index (χ4v) is 0.458. The molecular weight excluding hydrogens is 136 g/mol. The summed E-state index contributed by atoms with van der Waals surface area (Å²) in [6.07, 6.45) is 0. The first kappa shape index (κ1) is 6.22. The molecular formula is C4H2N4O2. The maximum Gasteiger partial charge on any atom is 0.359 e. The molecule has 2 N–H and O–H groups in total. The summed E-state index contributed by atoms with van der Waals surface area (Å²) in [4.78, 5) is 10.2. The van der Waals surface area contributed by atoms with Crippen LogP contribution in [0.15, 0.2) is 0 Å². The fraction of sp³-hybridized carbons (Fsp3) is 0. The van der Waals surface area contributed by atoms with E-state index in [4.69, 9.17) is 10.4 Å². The van der Waals surface area contributed by atoms with Crippen LogP contribution in [0.4, 0.5) is 0 Å². The van der Waals surface area contributed by atoms with Crippen molar-refractivity contribution in [2.24, 2.45) is 0 Å². The summed E-state index contributed by atoms with van der Waals surface area (Å²) in [6.45, 7) is 0. The highest BCUT2D eigenvalue weighted by Gasteiger charge is 2.13. The number of nitrogens with zero attached hydrogens (tertiary/aromatic N) is 3. The van der Waals surface area contributed by atoms with Gasteiger partial charge in [0, 0.05) is 0 Å². The van der Waals surface area contributed by atoms with Crippen molar-refractivity contribution >= 4 is 5.97 Å². The van der Waals surface area contributed by atoms with Gasteiger partial charge in [-0.2, -0.15) is 10.5 Å². The maximum atomic E-state index is 10.2. The van der Waals surface area contributed by atoms with Gasteiger partial charge in [0.05, 0.1) is 0 Å². The molecule has 0 bridgehead atoms. The predicted octanol–water partition coefficient (Wildman–Crippen LogP) is -0.625. The van der Waals surface area contributed by atoms with Crippen LogP contribution in [0.5, 0.6) is 0 Å². The van der Waals surface area contributed by atoms with E-state index in [2.05, 4.69) is 10.2 Å². The van der Waals surface area contributed by atoms with Crippen molar-refractivity contribution in [1.29, 1.82) is 5.26 Å². The minimum atomic E-state index is -1.26. The number of aromatic amines is 1. The summed E-state index contributed by atoms with van der Waals surface area (Å²) in [6, 6.07) is 1.57. The van der Waals surface area contributed by atoms with Crippen molar-refractivity contribution < 1.29 is 9.90 Å². The minimum absolute atomic E-state index is 0.201. The molecule has 0 fully saturated rings. The number of rotatable bonds is 1. The Morgan fingerprint density at radius 3 is 2.80 bits per heavy atom. The molecule has 0 unspecified atom stereocenters. The van der Waals surface area contributed by atoms with Gasteiger partial charge >= 0.3 is 5.97 Å². The topological polar surface area (TPSA) is 103 Å². The third-order valence-corrected chi connectivity index (χ3v) is 0.856. The van der Waals surface area contributed by atoms with E-state index in [1.165, 1.54) is 0 Å². The third-order valence-electron chi connectivity index (χ3n) is 0.856. The second kappa shape index (κ2) is 2.14. The Bertz CT molecular complexity index is 296. The Balaban J connectivity index is 3.17. The van der Waals surface area contributed by atoms with Crippen molar-refractivity contribution in [3.8, 4) is 6.07 Å². The Kier molecular flexibility index (Phi) is 1.33. The van der Waals surface area contributed by atoms with Crippen molar-refractivity contribution in [3.63, 3.8) is 0 Å². The van der Waals surface area contributed by atoms with Crippen molar-refractivity contribution in [3.05, 3.63) is 11.4 Å². The van der Waals surface area contributed by atoms with E-state index in [0.717, 1.165) is 0 Å². The predicted molar refractivity (Wildman–Crippen MR) is 28.1 cm³/mol. The number of hydrogen-bond donors (Lipinski definition) is 2. The summed E-state index contributed by atoms with van der Waals surface area (Å²) in [7, 11) is 0. The highest BCUT2D eigenvalue weighted by molar-refractivity contribution is 5.87. The van der Waals surface area contributed by atoms with Gasteiger partial charge in [0.1, 0.15) is 6.07 Å². The zero-order valence-corrected chi connectivity index (χ0v) is 4.70. The second-order valence-corrected chi connectivity index (χ2v) is 1.44. The van der Waals surface area contributed by atoms with E-state index in [1.807, 2.05) is 5.21 Å². The molecule has 0 amide bonds. The van der Waals surface area contributed by atoms with Crippen molar-refractivity contribution in [2.45, 2.75) is 0 Å². The van der Waals surface area contributed by atoms with Crippen LogP contribution in [0, 0.1) is 11.3 Å². The molecule has 6 heteroatoms. The van der Waals surface area contributed by atoms with Crippen LogP contribution in [-0.2, 0) is 0 Å². The Hall–Kier alpha value is -1.90. The van der Waals surface area contributed by atoms with Crippen LogP contribution >= 0.6 is 0 Å². The molecule has 0 spiro atoms. The number of nitrogens with one attached hydrogen (secondary N) is 1. The molecule has 1 heterocycles. The van der Waals surface area contributed by atoms with Crippen LogP contribution in [0.25, 0.3) is 0 Å². The van der Waals surface area contributed by atoms with E-state index in [0.29, 0.717) is 0 Å². The van der Waals surface area contributed by atoms with Crippen LogP contribution in [0.1, 0.15) is 16.2 Å². The highest BCUT2D eigenvalue weighted by Crippen LogP contribution is 1.96. The van der Waals surface area contributed by atoms with Gasteiger partial charge in [-0.15, -0.1) is 10.2 Å². The average molecular weight is 138 g/mol. The number of hydrogen-bond acceptors (Lipinski definition) is 4. The summed E-state index contributed by atoms with van der Waals surface area (Å²) in [5, 5.41) is 25.1. The first-order chi connectivity index (χ1) is 4.75. The highest BCUT2D eigenvalue weighted by atomic mass is 16.4. The summed E-state index contributed by atoms with van der Waals surface area (Å²) < 4.78 is 0. The van der Waals surface area contributed by atoms with Gasteiger partial charge in [-0.1, -0.05) is 0 Å². The Morgan fingerprint density at radius 2 is 2.40 bits per heavy atom. The van der Waals surface area contributed by atoms with Gasteiger partial charge < -0.3 is 5.11 Å². The first-order valence-electron chi connectivity index (χ1n) is 2.30. The summed E-state index contributed by atoms with van der Waals surface area (Å²) >= 11 is 0. The number of carboxylic acids is 1. The van der Waals surface area contributed by atoms with Gasteiger partial charge in [-0.3, -0.25) is 0 Å². The molecule has 0 radical (unpaired) electrons. The van der Waals surface area contributed by atoms with Crippen molar-refractivity contribution in [2.75, 3.05) is 0 Å². The molecule has 0 aliphatic heterocycles. The first-order valence-corrected chi connectivity index (χ1v) is 2.30. The lowest BCUT2D eigenvalue weighted by Crippen LogP contribution is -1.99. The van der Waals surface area contributed by atoms with E-state index in [1.54, 1.807) is 6.07 Å². The van der Waals surface area contributed by atoms with Gasteiger partial charge in [0.2, 0.25) is 5.69 Å². The molecule has 0 saturated carbocycles. The number of carbonyl (C=O) groups is 1. The number of aromatic carboxylic acids is 1. The van der Waals surface area contributed by atoms with Crippen LogP contribution in [-0.4, -0.2) is 26.5 Å². The summed E-state index contributed by atoms with van der Waals surface area (Å²) in [5.74, 6) is -1.26. The van der Waals surface area contributed by atoms with E-state index < -0.39 is 5.97 Å². The standard InChI is InChI=1S/C4H2N4O2/c5-1-2-3(4(9)10)7-8-6-2/h(H,9,10)(H,6,7,8). The molecule has 1 aromatic heterocycles. The van der Waals surface area contributed by atoms with Crippen molar-refractivity contribution in [1.82, 2.24) is 15.4 Å². The monoisotopic (exact) mass is 138 g/mol. The molecule has 0 aliphatic carbocycles. The molecule has 0 aliphatic rings. The van der Waals surface area contributed by atoms with Gasteiger partial charge in [-0.25, -0.2) is 4.79 Å². The number of H-pyrrole nitrogens is 1. The Labute approximate surface area is 55.1 Å². The second-order valence-electron chi connectivity index (χ2n) is 1.44. The van der Waals surface area contributed by atoms with E-state index >= 15 is 0 Å². The quantitative estimate of drug-likeness (QED) is 0.538. The minimum Gasteiger partial charge on any atom is -0.476 e. The zero-order valence-electron chi connectivity index (χ0n) is 4.70.